The van der Waals surface area contributed by atoms with E-state index < -0.39 is 0 Å². The van der Waals surface area contributed by atoms with E-state index in [4.69, 9.17) is 0 Å². The first-order chi connectivity index (χ1) is 32.2. The summed E-state index contributed by atoms with van der Waals surface area (Å²) in [5.74, 6) is 0. The Morgan fingerprint density at radius 3 is 0.303 bits per heavy atom. The number of hydrogen-bond donors (Lipinski definition) is 0. The second kappa shape index (κ2) is 23.3. The third-order valence-corrected chi connectivity index (χ3v) is 20.9. The third-order valence-electron chi connectivity index (χ3n) is 13.6. The van der Waals surface area contributed by atoms with Gasteiger partial charge in [0.2, 0.25) is 0 Å². The predicted molar refractivity (Wildman–Crippen MR) is 312 cm³/mol. The number of thiophene rings is 6. The Hall–Kier alpha value is -3.36. The molecule has 0 aliphatic carbocycles. The van der Waals surface area contributed by atoms with E-state index >= 15 is 0 Å². The van der Waals surface area contributed by atoms with E-state index in [1.807, 2.05) is 68.0 Å². The van der Waals surface area contributed by atoms with Gasteiger partial charge in [0, 0.05) is 58.5 Å². The van der Waals surface area contributed by atoms with Crippen molar-refractivity contribution in [3.8, 4) is 0 Å². The van der Waals surface area contributed by atoms with Crippen LogP contribution < -0.4 is 0 Å². The van der Waals surface area contributed by atoms with Crippen LogP contribution in [0.5, 0.6) is 0 Å². The molecule has 6 aromatic rings. The first-order valence-electron chi connectivity index (χ1n) is 25.1. The number of fused-ring (bicyclic) bond motifs is 12. The SMILES string of the molecule is CCc1c2sc(c1CC)C=Cc1sc(c(CC)c1CC)C=Cc1sc(c(CC)c1CC)C=Cc1sc(c(CC)c1CC)C=Cc1sc(c(CC)c1CC)C=Cc1sc(c(CC)c1CC)C=C2. The van der Waals surface area contributed by atoms with Crippen LogP contribution in [0.4, 0.5) is 0 Å². The lowest BCUT2D eigenvalue weighted by Crippen LogP contribution is -1.90. The number of rotatable bonds is 12. The molecule has 0 amide bonds. The molecule has 0 saturated heterocycles. The molecule has 6 aromatic heterocycles. The Morgan fingerprint density at radius 1 is 0.167 bits per heavy atom. The maximum Gasteiger partial charge on any atom is 0.0311 e. The highest BCUT2D eigenvalue weighted by Gasteiger charge is 2.20. The molecule has 0 spiro atoms. The smallest absolute Gasteiger partial charge is 0.0311 e. The first kappa shape index (κ1) is 50.5. The van der Waals surface area contributed by atoms with Gasteiger partial charge in [0.1, 0.15) is 0 Å². The summed E-state index contributed by atoms with van der Waals surface area (Å²) in [6.07, 6.45) is 41.9. The summed E-state index contributed by atoms with van der Waals surface area (Å²) in [5.41, 5.74) is 18.2. The van der Waals surface area contributed by atoms with Gasteiger partial charge >= 0.3 is 0 Å². The average molecular weight is 986 g/mol. The molecular weight excluding hydrogens is 913 g/mol. The third kappa shape index (κ3) is 10.0. The Labute approximate surface area is 423 Å². The molecule has 0 radical (unpaired) electrons. The summed E-state index contributed by atoms with van der Waals surface area (Å²) in [4.78, 5) is 17.0. The van der Waals surface area contributed by atoms with Gasteiger partial charge in [-0.05, 0) is 217 Å². The lowest BCUT2D eigenvalue weighted by Gasteiger charge is -2.03. The lowest BCUT2D eigenvalue weighted by atomic mass is 10.0. The van der Waals surface area contributed by atoms with Crippen LogP contribution in [0.15, 0.2) is 0 Å². The molecule has 1 aliphatic rings. The molecule has 6 heteroatoms. The van der Waals surface area contributed by atoms with Gasteiger partial charge in [-0.2, -0.15) is 0 Å². The topological polar surface area (TPSA) is 0 Å². The van der Waals surface area contributed by atoms with E-state index in [1.54, 1.807) is 0 Å². The van der Waals surface area contributed by atoms with Crippen molar-refractivity contribution in [2.45, 2.75) is 160 Å². The fourth-order valence-electron chi connectivity index (χ4n) is 10.4. The maximum atomic E-state index is 2.45. The maximum absolute atomic E-state index is 2.45. The van der Waals surface area contributed by atoms with Crippen molar-refractivity contribution < 1.29 is 0 Å². The van der Waals surface area contributed by atoms with Gasteiger partial charge in [0.25, 0.3) is 0 Å². The largest absolute Gasteiger partial charge is 0.136 e. The van der Waals surface area contributed by atoms with E-state index in [2.05, 4.69) is 156 Å². The summed E-state index contributed by atoms with van der Waals surface area (Å²) in [6, 6.07) is 0. The van der Waals surface area contributed by atoms with Crippen LogP contribution in [-0.4, -0.2) is 0 Å². The Kier molecular flexibility index (Phi) is 17.8. The minimum Gasteiger partial charge on any atom is -0.136 e. The summed E-state index contributed by atoms with van der Waals surface area (Å²) in [7, 11) is 0. The molecule has 0 fully saturated rings. The minimum atomic E-state index is 1.05. The van der Waals surface area contributed by atoms with Crippen LogP contribution in [0.25, 0.3) is 72.9 Å². The second-order valence-corrected chi connectivity index (χ2v) is 23.5. The molecule has 7 rings (SSSR count). The van der Waals surface area contributed by atoms with Crippen molar-refractivity contribution in [3.05, 3.63) is 125 Å². The second-order valence-electron chi connectivity index (χ2n) is 17.0. The molecule has 0 unspecified atom stereocenters. The molecule has 7 heterocycles. The molecule has 348 valence electrons. The van der Waals surface area contributed by atoms with E-state index in [0.717, 1.165) is 77.0 Å². The van der Waals surface area contributed by atoms with Crippen molar-refractivity contribution in [1.29, 1.82) is 0 Å². The Balaban J connectivity index is 1.43. The van der Waals surface area contributed by atoms with E-state index in [1.165, 1.54) is 125 Å². The summed E-state index contributed by atoms with van der Waals surface area (Å²) in [5, 5.41) is 0. The van der Waals surface area contributed by atoms with Crippen molar-refractivity contribution in [3.63, 3.8) is 0 Å². The zero-order chi connectivity index (χ0) is 47.1. The van der Waals surface area contributed by atoms with Gasteiger partial charge in [0.05, 0.1) is 0 Å². The molecule has 0 N–H and O–H groups in total. The van der Waals surface area contributed by atoms with Crippen LogP contribution >= 0.6 is 68.0 Å². The fraction of sp³-hybridized carbons (Fsp3) is 0.400. The van der Waals surface area contributed by atoms with Crippen LogP contribution in [0, 0.1) is 0 Å². The van der Waals surface area contributed by atoms with Gasteiger partial charge in [-0.25, -0.2) is 0 Å². The van der Waals surface area contributed by atoms with Gasteiger partial charge in [-0.1, -0.05) is 83.1 Å². The van der Waals surface area contributed by atoms with Gasteiger partial charge in [-0.3, -0.25) is 0 Å². The molecule has 0 atom stereocenters. The standard InChI is InChI=1S/C60H72S6/c1-13-37-38(14-2)50-27-28-52-41(17-5)42(18-6)54(63-52)31-32-56-45(21-9)46(22-10)58(65-56)35-36-60-48(24-12)47(23-11)59(66-60)34-33-57-44(20-8)43(19-7)55(64-57)30-29-53-40(16-4)39(15-3)51(62-53)26-25-49(37)61-50/h25-36H,13-24H2,1-12H3. The highest BCUT2D eigenvalue weighted by molar-refractivity contribution is 7.17. The Bertz CT molecular complexity index is 2160. The molecule has 0 aromatic carbocycles. The first-order valence-corrected chi connectivity index (χ1v) is 30.0. The normalized spacial score (nSPS) is 12.9. The molecular formula is C60H72S6. The summed E-state index contributed by atoms with van der Waals surface area (Å²) < 4.78 is 0. The fourth-order valence-corrected chi connectivity index (χ4v) is 18.2. The number of hydrogen-bond acceptors (Lipinski definition) is 6. The van der Waals surface area contributed by atoms with E-state index in [0.29, 0.717) is 0 Å². The van der Waals surface area contributed by atoms with Crippen LogP contribution in [-0.2, 0) is 77.0 Å². The van der Waals surface area contributed by atoms with Crippen LogP contribution in [0.2, 0.25) is 0 Å². The summed E-state index contributed by atoms with van der Waals surface area (Å²) in [6.45, 7) is 28.0. The molecule has 12 bridgehead atoms. The Morgan fingerprint density at radius 2 is 0.242 bits per heavy atom. The molecule has 66 heavy (non-hydrogen) atoms. The quantitative estimate of drug-likeness (QED) is 0.114. The average Bonchev–Trinajstić information content (AvgIpc) is 4.18. The van der Waals surface area contributed by atoms with Gasteiger partial charge < -0.3 is 0 Å². The lowest BCUT2D eigenvalue weighted by molar-refractivity contribution is 1.05. The predicted octanol–water partition coefficient (Wildman–Crippen LogP) is 20.1. The molecule has 0 saturated carbocycles. The zero-order valence-corrected chi connectivity index (χ0v) is 46.8. The molecule has 0 nitrogen and oxygen atoms in total. The molecule has 1 aliphatic heterocycles. The highest BCUT2D eigenvalue weighted by atomic mass is 32.1. The zero-order valence-electron chi connectivity index (χ0n) is 41.9. The van der Waals surface area contributed by atoms with Crippen molar-refractivity contribution >= 4 is 141 Å². The van der Waals surface area contributed by atoms with E-state index in [-0.39, 0.29) is 0 Å². The van der Waals surface area contributed by atoms with Crippen molar-refractivity contribution in [1.82, 2.24) is 0 Å². The monoisotopic (exact) mass is 984 g/mol. The van der Waals surface area contributed by atoms with Gasteiger partial charge in [-0.15, -0.1) is 68.0 Å². The van der Waals surface area contributed by atoms with E-state index in [9.17, 15) is 0 Å². The van der Waals surface area contributed by atoms with Crippen LogP contribution in [0.1, 0.15) is 208 Å². The minimum absolute atomic E-state index is 1.05. The van der Waals surface area contributed by atoms with Gasteiger partial charge in [0.15, 0.2) is 0 Å². The summed E-state index contributed by atoms with van der Waals surface area (Å²) >= 11 is 11.9. The van der Waals surface area contributed by atoms with Crippen LogP contribution in [0.3, 0.4) is 0 Å². The van der Waals surface area contributed by atoms with Crippen molar-refractivity contribution in [2.75, 3.05) is 0 Å². The highest BCUT2D eigenvalue weighted by Crippen LogP contribution is 2.42. The van der Waals surface area contributed by atoms with Crippen molar-refractivity contribution in [2.24, 2.45) is 0 Å².